The van der Waals surface area contributed by atoms with Gasteiger partial charge in [-0.2, -0.15) is 13.2 Å². The summed E-state index contributed by atoms with van der Waals surface area (Å²) < 4.78 is 39.6. The number of amides is 2. The van der Waals surface area contributed by atoms with Crippen LogP contribution in [0.5, 0.6) is 0 Å². The second-order valence-electron chi connectivity index (χ2n) is 6.24. The van der Waals surface area contributed by atoms with Gasteiger partial charge in [0.2, 0.25) is 5.91 Å². The van der Waals surface area contributed by atoms with Crippen LogP contribution in [0, 0.1) is 13.8 Å². The summed E-state index contributed by atoms with van der Waals surface area (Å²) in [5.41, 5.74) is 1.37. The molecule has 27 heavy (non-hydrogen) atoms. The maximum atomic E-state index is 13.2. The van der Waals surface area contributed by atoms with Gasteiger partial charge in [-0.15, -0.1) is 0 Å². The molecule has 2 aromatic rings. The molecule has 2 amide bonds. The van der Waals surface area contributed by atoms with Crippen molar-refractivity contribution in [2.45, 2.75) is 26.9 Å². The van der Waals surface area contributed by atoms with E-state index in [9.17, 15) is 22.8 Å². The van der Waals surface area contributed by atoms with Crippen LogP contribution in [0.3, 0.4) is 0 Å². The highest BCUT2D eigenvalue weighted by Crippen LogP contribution is 2.36. The lowest BCUT2D eigenvalue weighted by atomic mass is 10.1. The second kappa shape index (κ2) is 8.24. The SMILES string of the molecule is CC(=O)N(CCNC(=O)c1ccc(C)c(C)c1)c1ccccc1C(F)(F)F. The minimum absolute atomic E-state index is 0.0253. The molecule has 0 atom stereocenters. The van der Waals surface area contributed by atoms with Gasteiger partial charge < -0.3 is 10.2 Å². The number of nitrogens with zero attached hydrogens (tertiary/aromatic N) is 1. The van der Waals surface area contributed by atoms with Gasteiger partial charge >= 0.3 is 6.18 Å². The molecule has 2 rings (SSSR count). The molecule has 0 aliphatic heterocycles. The van der Waals surface area contributed by atoms with Gasteiger partial charge in [0.05, 0.1) is 11.3 Å². The Morgan fingerprint density at radius 1 is 1.04 bits per heavy atom. The lowest BCUT2D eigenvalue weighted by Crippen LogP contribution is -2.38. The number of halogens is 3. The number of carbonyl (C=O) groups is 2. The number of hydrogen-bond acceptors (Lipinski definition) is 2. The summed E-state index contributed by atoms with van der Waals surface area (Å²) >= 11 is 0. The maximum absolute atomic E-state index is 13.2. The van der Waals surface area contributed by atoms with Crippen molar-refractivity contribution in [2.75, 3.05) is 18.0 Å². The lowest BCUT2D eigenvalue weighted by molar-refractivity contribution is -0.137. The fourth-order valence-corrected chi connectivity index (χ4v) is 2.66. The molecule has 0 aliphatic carbocycles. The molecule has 0 saturated carbocycles. The van der Waals surface area contributed by atoms with Crippen LogP contribution in [-0.2, 0) is 11.0 Å². The quantitative estimate of drug-likeness (QED) is 0.851. The second-order valence-corrected chi connectivity index (χ2v) is 6.24. The van der Waals surface area contributed by atoms with Gasteiger partial charge in [-0.25, -0.2) is 0 Å². The van der Waals surface area contributed by atoms with E-state index in [4.69, 9.17) is 0 Å². The van der Waals surface area contributed by atoms with Gasteiger partial charge in [0.1, 0.15) is 0 Å². The van der Waals surface area contributed by atoms with Crippen LogP contribution in [0.4, 0.5) is 18.9 Å². The van der Waals surface area contributed by atoms with E-state index in [2.05, 4.69) is 5.32 Å². The van der Waals surface area contributed by atoms with Crippen molar-refractivity contribution in [1.29, 1.82) is 0 Å². The molecular formula is C20H21F3N2O2. The molecule has 0 spiro atoms. The number of para-hydroxylation sites is 1. The first-order valence-electron chi connectivity index (χ1n) is 8.41. The smallest absolute Gasteiger partial charge is 0.350 e. The summed E-state index contributed by atoms with van der Waals surface area (Å²) in [6.07, 6.45) is -4.58. The minimum Gasteiger partial charge on any atom is -0.350 e. The first-order valence-corrected chi connectivity index (χ1v) is 8.41. The lowest BCUT2D eigenvalue weighted by Gasteiger charge is -2.25. The fraction of sp³-hybridized carbons (Fsp3) is 0.300. The molecule has 7 heteroatoms. The normalized spacial score (nSPS) is 11.2. The van der Waals surface area contributed by atoms with E-state index in [1.807, 2.05) is 19.9 Å². The zero-order valence-electron chi connectivity index (χ0n) is 15.4. The summed E-state index contributed by atoms with van der Waals surface area (Å²) in [6, 6.07) is 10.1. The van der Waals surface area contributed by atoms with Crippen molar-refractivity contribution in [3.63, 3.8) is 0 Å². The molecule has 4 nitrogen and oxygen atoms in total. The Labute approximate surface area is 156 Å². The van der Waals surface area contributed by atoms with E-state index in [0.717, 1.165) is 22.1 Å². The monoisotopic (exact) mass is 378 g/mol. The Bertz CT molecular complexity index is 847. The summed E-state index contributed by atoms with van der Waals surface area (Å²) in [5.74, 6) is -0.877. The topological polar surface area (TPSA) is 49.4 Å². The number of carbonyl (C=O) groups excluding carboxylic acids is 2. The van der Waals surface area contributed by atoms with Gasteiger partial charge in [-0.05, 0) is 49.2 Å². The predicted octanol–water partition coefficient (Wildman–Crippen LogP) is 4.11. The molecule has 2 aromatic carbocycles. The Morgan fingerprint density at radius 3 is 2.30 bits per heavy atom. The van der Waals surface area contributed by atoms with Crippen molar-refractivity contribution < 1.29 is 22.8 Å². The number of anilines is 1. The minimum atomic E-state index is -4.58. The first-order chi connectivity index (χ1) is 12.6. The average Bonchev–Trinajstić information content (AvgIpc) is 2.60. The van der Waals surface area contributed by atoms with Crippen molar-refractivity contribution >= 4 is 17.5 Å². The number of aryl methyl sites for hydroxylation is 2. The fourth-order valence-electron chi connectivity index (χ4n) is 2.66. The Kier molecular flexibility index (Phi) is 6.25. The van der Waals surface area contributed by atoms with Crippen LogP contribution in [-0.4, -0.2) is 24.9 Å². The van der Waals surface area contributed by atoms with Crippen molar-refractivity contribution in [1.82, 2.24) is 5.32 Å². The van der Waals surface area contributed by atoms with E-state index in [-0.39, 0.29) is 24.7 Å². The summed E-state index contributed by atoms with van der Waals surface area (Å²) in [5, 5.41) is 2.64. The third-order valence-electron chi connectivity index (χ3n) is 4.27. The molecule has 0 saturated heterocycles. The van der Waals surface area contributed by atoms with E-state index in [1.54, 1.807) is 12.1 Å². The average molecular weight is 378 g/mol. The number of alkyl halides is 3. The predicted molar refractivity (Wildman–Crippen MR) is 97.7 cm³/mol. The number of hydrogen-bond donors (Lipinski definition) is 1. The molecule has 0 aliphatic rings. The Morgan fingerprint density at radius 2 is 1.70 bits per heavy atom. The van der Waals surface area contributed by atoms with Gasteiger partial charge in [0.15, 0.2) is 0 Å². The van der Waals surface area contributed by atoms with Crippen LogP contribution in [0.25, 0.3) is 0 Å². The molecule has 0 radical (unpaired) electrons. The van der Waals surface area contributed by atoms with Gasteiger partial charge in [0.25, 0.3) is 5.91 Å². The van der Waals surface area contributed by atoms with Crippen molar-refractivity contribution in [3.8, 4) is 0 Å². The van der Waals surface area contributed by atoms with Crippen molar-refractivity contribution in [3.05, 3.63) is 64.7 Å². The maximum Gasteiger partial charge on any atom is 0.418 e. The molecular weight excluding hydrogens is 357 g/mol. The van der Waals surface area contributed by atoms with Crippen LogP contribution in [0.15, 0.2) is 42.5 Å². The van der Waals surface area contributed by atoms with Crippen molar-refractivity contribution in [2.24, 2.45) is 0 Å². The van der Waals surface area contributed by atoms with Gasteiger partial charge in [-0.3, -0.25) is 9.59 Å². The van der Waals surface area contributed by atoms with Crippen LogP contribution in [0.2, 0.25) is 0 Å². The third kappa shape index (κ3) is 5.09. The zero-order chi connectivity index (χ0) is 20.2. The highest BCUT2D eigenvalue weighted by atomic mass is 19.4. The molecule has 1 N–H and O–H groups in total. The molecule has 0 unspecified atom stereocenters. The largest absolute Gasteiger partial charge is 0.418 e. The highest BCUT2D eigenvalue weighted by molar-refractivity contribution is 5.95. The summed E-state index contributed by atoms with van der Waals surface area (Å²) in [7, 11) is 0. The van der Waals surface area contributed by atoms with E-state index in [1.165, 1.54) is 25.1 Å². The Balaban J connectivity index is 2.11. The summed E-state index contributed by atoms with van der Waals surface area (Å²) in [4.78, 5) is 25.1. The summed E-state index contributed by atoms with van der Waals surface area (Å²) in [6.45, 7) is 4.96. The van der Waals surface area contributed by atoms with E-state index >= 15 is 0 Å². The van der Waals surface area contributed by atoms with Crippen LogP contribution < -0.4 is 10.2 Å². The zero-order valence-corrected chi connectivity index (χ0v) is 15.4. The number of benzene rings is 2. The molecule has 0 bridgehead atoms. The van der Waals surface area contributed by atoms with Crippen LogP contribution in [0.1, 0.15) is 34.0 Å². The van der Waals surface area contributed by atoms with Gasteiger partial charge in [-0.1, -0.05) is 18.2 Å². The Hall–Kier alpha value is -2.83. The molecule has 0 heterocycles. The molecule has 0 fully saturated rings. The highest BCUT2D eigenvalue weighted by Gasteiger charge is 2.35. The number of nitrogens with one attached hydrogen (secondary N) is 1. The number of rotatable bonds is 5. The molecule has 0 aromatic heterocycles. The van der Waals surface area contributed by atoms with Gasteiger partial charge in [0, 0.05) is 25.6 Å². The van der Waals surface area contributed by atoms with E-state index < -0.39 is 17.6 Å². The van der Waals surface area contributed by atoms with E-state index in [0.29, 0.717) is 5.56 Å². The first kappa shape index (κ1) is 20.5. The third-order valence-corrected chi connectivity index (χ3v) is 4.27. The molecule has 144 valence electrons. The van der Waals surface area contributed by atoms with Crippen LogP contribution >= 0.6 is 0 Å². The standard InChI is InChI=1S/C20H21F3N2O2/c1-13-8-9-16(12-14(13)2)19(27)24-10-11-25(15(3)26)18-7-5-4-6-17(18)20(21,22)23/h4-9,12H,10-11H2,1-3H3,(H,24,27).